The number of hydrogen-bond acceptors (Lipinski definition) is 4. The van der Waals surface area contributed by atoms with E-state index >= 15 is 0 Å². The van der Waals surface area contributed by atoms with Gasteiger partial charge in [0.05, 0.1) is 22.5 Å². The van der Waals surface area contributed by atoms with Gasteiger partial charge in [-0.05, 0) is 58.6 Å². The normalized spacial score (nSPS) is 23.6. The summed E-state index contributed by atoms with van der Waals surface area (Å²) < 4.78 is 26.9. The third kappa shape index (κ3) is 2.75. The van der Waals surface area contributed by atoms with Crippen LogP contribution < -0.4 is 5.46 Å². The zero-order valence-corrected chi connectivity index (χ0v) is 16.3. The van der Waals surface area contributed by atoms with Gasteiger partial charge in [0, 0.05) is 5.41 Å². The fourth-order valence-corrected chi connectivity index (χ4v) is 3.61. The predicted molar refractivity (Wildman–Crippen MR) is 98.5 cm³/mol. The molecule has 0 unspecified atom stereocenters. The molecule has 0 aromatic heterocycles. The molecule has 1 saturated heterocycles. The van der Waals surface area contributed by atoms with Crippen LogP contribution in [0.25, 0.3) is 0 Å². The molecule has 0 bridgehead atoms. The summed E-state index contributed by atoms with van der Waals surface area (Å²) in [7, 11) is -0.633. The average molecular weight is 347 g/mol. The van der Waals surface area contributed by atoms with E-state index in [9.17, 15) is 9.50 Å². The van der Waals surface area contributed by atoms with Crippen LogP contribution in [0.15, 0.2) is 17.1 Å². The summed E-state index contributed by atoms with van der Waals surface area (Å²) in [5.74, 6) is -0.422. The van der Waals surface area contributed by atoms with Gasteiger partial charge < -0.3 is 14.4 Å². The Morgan fingerprint density at radius 2 is 1.56 bits per heavy atom. The van der Waals surface area contributed by atoms with Crippen molar-refractivity contribution in [2.75, 3.05) is 0 Å². The highest BCUT2D eigenvalue weighted by Crippen LogP contribution is 2.44. The second kappa shape index (κ2) is 5.15. The molecular weight excluding hydrogens is 320 g/mol. The first kappa shape index (κ1) is 18.6. The lowest BCUT2D eigenvalue weighted by atomic mass is 9.72. The summed E-state index contributed by atoms with van der Waals surface area (Å²) in [6, 6.07) is 3.32. The average Bonchev–Trinajstić information content (AvgIpc) is 2.80. The number of aliphatic imine (C=N–C) groups is 1. The monoisotopic (exact) mass is 347 g/mol. The van der Waals surface area contributed by atoms with Gasteiger partial charge in [0.2, 0.25) is 0 Å². The minimum Gasteiger partial charge on any atom is -0.399 e. The molecule has 1 N–H and O–H groups in total. The maximum atomic E-state index is 14.8. The van der Waals surface area contributed by atoms with Crippen LogP contribution in [0.5, 0.6) is 0 Å². The highest BCUT2D eigenvalue weighted by Gasteiger charge is 2.52. The Hall–Kier alpha value is -1.24. The first-order valence-electron chi connectivity index (χ1n) is 8.68. The lowest BCUT2D eigenvalue weighted by molar-refractivity contribution is 0.00578. The summed E-state index contributed by atoms with van der Waals surface area (Å²) in [6.45, 7) is 15.1. The van der Waals surface area contributed by atoms with E-state index in [1.54, 1.807) is 13.8 Å². The van der Waals surface area contributed by atoms with Crippen LogP contribution in [0, 0.1) is 5.82 Å². The molecule has 25 heavy (non-hydrogen) atoms. The van der Waals surface area contributed by atoms with E-state index in [2.05, 4.69) is 4.99 Å². The molecule has 6 heteroatoms. The van der Waals surface area contributed by atoms with Gasteiger partial charge in [0.15, 0.2) is 0 Å². The zero-order chi connectivity index (χ0) is 19.0. The standard InChI is InChI=1S/C19H27BFNO3/c1-16(2)12-9-11(20-24-18(5,6)19(7,8)25-20)10-13(21)14(12)22-15(16)17(3,4)23/h9-10,23H,1-8H3. The van der Waals surface area contributed by atoms with Gasteiger partial charge in [-0.15, -0.1) is 0 Å². The Balaban J connectivity index is 2.05. The van der Waals surface area contributed by atoms with Crippen LogP contribution in [0.3, 0.4) is 0 Å². The van der Waals surface area contributed by atoms with Crippen molar-refractivity contribution in [3.05, 3.63) is 23.5 Å². The third-order valence-corrected chi connectivity index (χ3v) is 5.68. The Bertz CT molecular complexity index is 747. The minimum atomic E-state index is -1.13. The van der Waals surface area contributed by atoms with Gasteiger partial charge in [-0.2, -0.15) is 0 Å². The number of hydrogen-bond donors (Lipinski definition) is 1. The molecule has 1 aromatic rings. The van der Waals surface area contributed by atoms with Gasteiger partial charge >= 0.3 is 7.12 Å². The molecule has 3 rings (SSSR count). The summed E-state index contributed by atoms with van der Waals surface area (Å²) in [5, 5.41) is 10.4. The van der Waals surface area contributed by atoms with Crippen LogP contribution >= 0.6 is 0 Å². The molecule has 1 aromatic carbocycles. The number of halogens is 1. The van der Waals surface area contributed by atoms with Crippen LogP contribution in [-0.4, -0.2) is 34.7 Å². The van der Waals surface area contributed by atoms with E-state index in [-0.39, 0.29) is 0 Å². The van der Waals surface area contributed by atoms with E-state index in [1.807, 2.05) is 47.6 Å². The fourth-order valence-electron chi connectivity index (χ4n) is 3.61. The molecule has 0 amide bonds. The number of rotatable bonds is 2. The maximum Gasteiger partial charge on any atom is 0.494 e. The van der Waals surface area contributed by atoms with Gasteiger partial charge in [-0.3, -0.25) is 4.99 Å². The smallest absolute Gasteiger partial charge is 0.399 e. The Labute approximate surface area is 149 Å². The fraction of sp³-hybridized carbons (Fsp3) is 0.632. The van der Waals surface area contributed by atoms with Gasteiger partial charge in [-0.25, -0.2) is 4.39 Å². The molecule has 2 aliphatic heterocycles. The predicted octanol–water partition coefficient (Wildman–Crippen LogP) is 3.26. The van der Waals surface area contributed by atoms with E-state index in [1.165, 1.54) is 6.07 Å². The van der Waals surface area contributed by atoms with Crippen LogP contribution in [0.2, 0.25) is 0 Å². The van der Waals surface area contributed by atoms with Crippen molar-refractivity contribution in [3.63, 3.8) is 0 Å². The molecule has 0 saturated carbocycles. The topological polar surface area (TPSA) is 51.1 Å². The van der Waals surface area contributed by atoms with Crippen LogP contribution in [0.4, 0.5) is 10.1 Å². The number of benzene rings is 1. The molecule has 136 valence electrons. The Kier molecular flexibility index (Phi) is 3.82. The zero-order valence-electron chi connectivity index (χ0n) is 16.3. The lowest BCUT2D eigenvalue weighted by Crippen LogP contribution is -2.43. The van der Waals surface area contributed by atoms with Crippen molar-refractivity contribution in [2.45, 2.75) is 77.6 Å². The number of fused-ring (bicyclic) bond motifs is 1. The third-order valence-electron chi connectivity index (χ3n) is 5.68. The van der Waals surface area contributed by atoms with Gasteiger partial charge in [0.25, 0.3) is 0 Å². The molecule has 0 radical (unpaired) electrons. The van der Waals surface area contributed by atoms with Crippen molar-refractivity contribution in [1.82, 2.24) is 0 Å². The summed E-state index contributed by atoms with van der Waals surface area (Å²) in [5.41, 5.74) is -0.450. The van der Waals surface area contributed by atoms with Crippen molar-refractivity contribution in [2.24, 2.45) is 4.99 Å². The summed E-state index contributed by atoms with van der Waals surface area (Å²) in [6.07, 6.45) is 0. The molecule has 0 spiro atoms. The summed E-state index contributed by atoms with van der Waals surface area (Å²) >= 11 is 0. The first-order chi connectivity index (χ1) is 11.2. The van der Waals surface area contributed by atoms with E-state index < -0.39 is 35.2 Å². The molecule has 0 aliphatic carbocycles. The lowest BCUT2D eigenvalue weighted by Gasteiger charge is -2.32. The molecule has 1 fully saturated rings. The highest BCUT2D eigenvalue weighted by molar-refractivity contribution is 6.62. The highest BCUT2D eigenvalue weighted by atomic mass is 19.1. The Morgan fingerprint density at radius 3 is 2.04 bits per heavy atom. The van der Waals surface area contributed by atoms with E-state index in [0.717, 1.165) is 5.56 Å². The molecule has 2 heterocycles. The van der Waals surface area contributed by atoms with Crippen molar-refractivity contribution >= 4 is 24.0 Å². The quantitative estimate of drug-likeness (QED) is 0.836. The largest absolute Gasteiger partial charge is 0.494 e. The second-order valence-corrected chi connectivity index (χ2v) is 9.13. The van der Waals surface area contributed by atoms with Crippen molar-refractivity contribution < 1.29 is 18.8 Å². The van der Waals surface area contributed by atoms with Crippen LogP contribution in [-0.2, 0) is 14.7 Å². The number of nitrogens with zero attached hydrogens (tertiary/aromatic N) is 1. The van der Waals surface area contributed by atoms with E-state index in [0.29, 0.717) is 16.9 Å². The van der Waals surface area contributed by atoms with Crippen molar-refractivity contribution in [3.8, 4) is 0 Å². The molecule has 0 atom stereocenters. The van der Waals surface area contributed by atoms with Gasteiger partial charge in [-0.1, -0.05) is 19.9 Å². The van der Waals surface area contributed by atoms with Crippen molar-refractivity contribution in [1.29, 1.82) is 0 Å². The number of aliphatic hydroxyl groups is 1. The first-order valence-corrected chi connectivity index (χ1v) is 8.68. The molecule has 4 nitrogen and oxygen atoms in total. The van der Waals surface area contributed by atoms with Crippen LogP contribution in [0.1, 0.15) is 61.0 Å². The molecular formula is C19H27BFNO3. The van der Waals surface area contributed by atoms with E-state index in [4.69, 9.17) is 9.31 Å². The Morgan fingerprint density at radius 1 is 1.04 bits per heavy atom. The second-order valence-electron chi connectivity index (χ2n) is 9.13. The van der Waals surface area contributed by atoms with Gasteiger partial charge in [0.1, 0.15) is 11.5 Å². The molecule has 2 aliphatic rings. The summed E-state index contributed by atoms with van der Waals surface area (Å²) in [4.78, 5) is 4.41. The maximum absolute atomic E-state index is 14.8. The minimum absolute atomic E-state index is 0.294. The SMILES string of the molecule is CC(C)(O)C1=Nc2c(F)cc(B3OC(C)(C)C(C)(C)O3)cc2C1(C)C.